The molecule has 0 aliphatic heterocycles. The van der Waals surface area contributed by atoms with Gasteiger partial charge in [0.2, 0.25) is 0 Å². The number of fused-ring (bicyclic) bond motifs is 1. The van der Waals surface area contributed by atoms with Crippen molar-refractivity contribution in [3.63, 3.8) is 0 Å². The number of benzene rings is 1. The van der Waals surface area contributed by atoms with Gasteiger partial charge in [-0.3, -0.25) is 0 Å². The Morgan fingerprint density at radius 1 is 1.05 bits per heavy atom. The lowest BCUT2D eigenvalue weighted by molar-refractivity contribution is -0.662. The van der Waals surface area contributed by atoms with Gasteiger partial charge < -0.3 is 0 Å². The SMILES string of the molecule is Cc1c[n+](Cc2ccc(C(F)(F)F)cc2)c2ccccn12. The van der Waals surface area contributed by atoms with E-state index >= 15 is 0 Å². The Kier molecular flexibility index (Phi) is 3.20. The van der Waals surface area contributed by atoms with Gasteiger partial charge in [0.05, 0.1) is 11.8 Å². The lowest BCUT2D eigenvalue weighted by atomic mass is 10.1. The van der Waals surface area contributed by atoms with Crippen molar-refractivity contribution >= 4 is 5.65 Å². The molecule has 0 spiro atoms. The molecular formula is C16H14F3N2+. The Bertz CT molecular complexity index is 770. The van der Waals surface area contributed by atoms with Crippen LogP contribution in [0.2, 0.25) is 0 Å². The first kappa shape index (κ1) is 13.7. The highest BCUT2D eigenvalue weighted by Crippen LogP contribution is 2.29. The number of pyridine rings is 1. The number of rotatable bonds is 2. The zero-order valence-corrected chi connectivity index (χ0v) is 11.4. The minimum absolute atomic E-state index is 0.541. The first-order chi connectivity index (χ1) is 9.95. The van der Waals surface area contributed by atoms with Gasteiger partial charge in [-0.25, -0.2) is 8.97 Å². The van der Waals surface area contributed by atoms with E-state index < -0.39 is 11.7 Å². The third-order valence-electron chi connectivity index (χ3n) is 3.49. The summed E-state index contributed by atoms with van der Waals surface area (Å²) in [6, 6.07) is 11.2. The average molecular weight is 291 g/mol. The maximum absolute atomic E-state index is 12.5. The average Bonchev–Trinajstić information content (AvgIpc) is 2.76. The fourth-order valence-corrected chi connectivity index (χ4v) is 2.44. The molecule has 5 heteroatoms. The van der Waals surface area contributed by atoms with Crippen molar-refractivity contribution in [1.29, 1.82) is 0 Å². The van der Waals surface area contributed by atoms with Crippen LogP contribution in [-0.2, 0) is 12.7 Å². The molecule has 0 N–H and O–H groups in total. The molecule has 0 bridgehead atoms. The summed E-state index contributed by atoms with van der Waals surface area (Å²) >= 11 is 0. The van der Waals surface area contributed by atoms with E-state index in [4.69, 9.17) is 0 Å². The fourth-order valence-electron chi connectivity index (χ4n) is 2.44. The second kappa shape index (κ2) is 4.91. The zero-order valence-electron chi connectivity index (χ0n) is 11.4. The Morgan fingerprint density at radius 2 is 1.76 bits per heavy atom. The largest absolute Gasteiger partial charge is 0.416 e. The molecule has 0 saturated heterocycles. The lowest BCUT2D eigenvalue weighted by Crippen LogP contribution is -2.32. The highest BCUT2D eigenvalue weighted by Gasteiger charge is 2.30. The van der Waals surface area contributed by atoms with Gasteiger partial charge in [-0.1, -0.05) is 18.2 Å². The van der Waals surface area contributed by atoms with Gasteiger partial charge in [-0.2, -0.15) is 13.2 Å². The van der Waals surface area contributed by atoms with Crippen LogP contribution in [0.15, 0.2) is 54.9 Å². The van der Waals surface area contributed by atoms with Crippen LogP contribution in [0, 0.1) is 6.92 Å². The zero-order chi connectivity index (χ0) is 15.0. The molecule has 0 aliphatic carbocycles. The van der Waals surface area contributed by atoms with Gasteiger partial charge in [0, 0.05) is 13.0 Å². The van der Waals surface area contributed by atoms with E-state index in [2.05, 4.69) is 0 Å². The molecule has 2 aromatic heterocycles. The van der Waals surface area contributed by atoms with E-state index in [9.17, 15) is 13.2 Å². The Hall–Kier alpha value is -2.30. The number of alkyl halides is 3. The highest BCUT2D eigenvalue weighted by molar-refractivity contribution is 5.34. The molecule has 0 unspecified atom stereocenters. The van der Waals surface area contributed by atoms with Crippen LogP contribution in [0.5, 0.6) is 0 Å². The van der Waals surface area contributed by atoms with E-state index in [0.717, 1.165) is 29.0 Å². The molecule has 0 amide bonds. The summed E-state index contributed by atoms with van der Waals surface area (Å²) < 4.78 is 41.7. The maximum Gasteiger partial charge on any atom is 0.416 e. The van der Waals surface area contributed by atoms with Gasteiger partial charge in [0.15, 0.2) is 0 Å². The first-order valence-corrected chi connectivity index (χ1v) is 6.57. The van der Waals surface area contributed by atoms with Crippen LogP contribution in [-0.4, -0.2) is 4.40 Å². The number of aromatic nitrogens is 2. The highest BCUT2D eigenvalue weighted by atomic mass is 19.4. The monoisotopic (exact) mass is 291 g/mol. The summed E-state index contributed by atoms with van der Waals surface area (Å²) in [6.07, 6.45) is -0.327. The second-order valence-corrected chi connectivity index (χ2v) is 5.02. The predicted octanol–water partition coefficient (Wildman–Crippen LogP) is 3.60. The number of nitrogens with zero attached hydrogens (tertiary/aromatic N) is 2. The quantitative estimate of drug-likeness (QED) is 0.638. The Morgan fingerprint density at radius 3 is 2.43 bits per heavy atom. The number of hydrogen-bond donors (Lipinski definition) is 0. The van der Waals surface area contributed by atoms with Crippen LogP contribution in [0.4, 0.5) is 13.2 Å². The van der Waals surface area contributed by atoms with Gasteiger partial charge in [-0.15, -0.1) is 0 Å². The van der Waals surface area contributed by atoms with Gasteiger partial charge in [-0.05, 0) is 23.8 Å². The number of halogens is 3. The third kappa shape index (κ3) is 2.63. The summed E-state index contributed by atoms with van der Waals surface area (Å²) in [5.41, 5.74) is 2.31. The normalized spacial score (nSPS) is 12.0. The smallest absolute Gasteiger partial charge is 0.226 e. The van der Waals surface area contributed by atoms with Gasteiger partial charge >= 0.3 is 6.18 Å². The van der Waals surface area contributed by atoms with Crippen LogP contribution >= 0.6 is 0 Å². The van der Waals surface area contributed by atoms with Crippen molar-refractivity contribution in [2.45, 2.75) is 19.6 Å². The van der Waals surface area contributed by atoms with Crippen LogP contribution < -0.4 is 4.57 Å². The summed E-state index contributed by atoms with van der Waals surface area (Å²) in [5, 5.41) is 0. The van der Waals surface area contributed by atoms with E-state index in [1.54, 1.807) is 0 Å². The van der Waals surface area contributed by atoms with Crippen molar-refractivity contribution in [2.24, 2.45) is 0 Å². The second-order valence-electron chi connectivity index (χ2n) is 5.02. The van der Waals surface area contributed by atoms with Crippen molar-refractivity contribution in [2.75, 3.05) is 0 Å². The van der Waals surface area contributed by atoms with Crippen molar-refractivity contribution in [3.8, 4) is 0 Å². The molecule has 1 aromatic carbocycles. The van der Waals surface area contributed by atoms with Crippen LogP contribution in [0.25, 0.3) is 5.65 Å². The summed E-state index contributed by atoms with van der Waals surface area (Å²) in [5.74, 6) is 0. The third-order valence-corrected chi connectivity index (χ3v) is 3.49. The standard InChI is InChI=1S/C16H14F3N2/c1-12-10-20(15-4-2-3-9-21(12)15)11-13-5-7-14(8-6-13)16(17,18)19/h2-10H,11H2,1H3/q+1. The molecule has 0 fully saturated rings. The van der Waals surface area contributed by atoms with Crippen LogP contribution in [0.3, 0.4) is 0 Å². The molecule has 21 heavy (non-hydrogen) atoms. The van der Waals surface area contributed by atoms with E-state index in [1.165, 1.54) is 12.1 Å². The molecule has 2 nitrogen and oxygen atoms in total. The molecule has 3 aromatic rings. The Balaban J connectivity index is 1.92. The van der Waals surface area contributed by atoms with E-state index in [0.29, 0.717) is 6.54 Å². The van der Waals surface area contributed by atoms with Crippen molar-refractivity contribution < 1.29 is 17.7 Å². The molecule has 0 radical (unpaired) electrons. The van der Waals surface area contributed by atoms with Crippen molar-refractivity contribution in [1.82, 2.24) is 4.40 Å². The molecule has 108 valence electrons. The number of aryl methyl sites for hydroxylation is 1. The Labute approximate surface area is 120 Å². The molecular weight excluding hydrogens is 277 g/mol. The first-order valence-electron chi connectivity index (χ1n) is 6.57. The van der Waals surface area contributed by atoms with Gasteiger partial charge in [0.25, 0.3) is 5.65 Å². The lowest BCUT2D eigenvalue weighted by Gasteiger charge is -2.06. The predicted molar refractivity (Wildman–Crippen MR) is 72.9 cm³/mol. The maximum atomic E-state index is 12.5. The molecule has 0 aliphatic rings. The molecule has 0 atom stereocenters. The summed E-state index contributed by atoms with van der Waals surface area (Å²) in [4.78, 5) is 0. The van der Waals surface area contributed by atoms with Gasteiger partial charge in [0.1, 0.15) is 18.4 Å². The van der Waals surface area contributed by atoms with Crippen LogP contribution in [0.1, 0.15) is 16.8 Å². The number of hydrogen-bond acceptors (Lipinski definition) is 0. The fraction of sp³-hybridized carbons (Fsp3) is 0.188. The minimum Gasteiger partial charge on any atom is -0.226 e. The molecule has 3 rings (SSSR count). The molecule has 0 saturated carbocycles. The van der Waals surface area contributed by atoms with E-state index in [-0.39, 0.29) is 0 Å². The number of imidazole rings is 1. The summed E-state index contributed by atoms with van der Waals surface area (Å²) in [6.45, 7) is 2.54. The minimum atomic E-state index is -4.29. The summed E-state index contributed by atoms with van der Waals surface area (Å²) in [7, 11) is 0. The topological polar surface area (TPSA) is 8.29 Å². The van der Waals surface area contributed by atoms with E-state index in [1.807, 2.05) is 46.5 Å². The van der Waals surface area contributed by atoms with Crippen molar-refractivity contribution in [3.05, 3.63) is 71.7 Å². The molecule has 2 heterocycles.